The fourth-order valence-corrected chi connectivity index (χ4v) is 3.53. The summed E-state index contributed by atoms with van der Waals surface area (Å²) in [5.74, 6) is 1.09. The van der Waals surface area contributed by atoms with Gasteiger partial charge in [-0.1, -0.05) is 23.9 Å². The van der Waals surface area contributed by atoms with Crippen LogP contribution in [-0.4, -0.2) is 36.3 Å². The number of nitrogens with zero attached hydrogens (tertiary/aromatic N) is 2. The topological polar surface area (TPSA) is 66.5 Å². The molecule has 2 heterocycles. The number of esters is 1. The van der Waals surface area contributed by atoms with Crippen LogP contribution in [0.5, 0.6) is 0 Å². The number of benzene rings is 1. The first-order valence-corrected chi connectivity index (χ1v) is 8.87. The van der Waals surface area contributed by atoms with Crippen LogP contribution < -0.4 is 0 Å². The Bertz CT molecular complexity index is 884. The Morgan fingerprint density at radius 1 is 1.32 bits per heavy atom. The predicted octanol–water partition coefficient (Wildman–Crippen LogP) is 3.66. The molecule has 0 aliphatic carbocycles. The van der Waals surface area contributed by atoms with Gasteiger partial charge in [0.05, 0.1) is 30.5 Å². The SMILES string of the molecule is COCCn1c(SCc2cc(C)c(C(=O)OC)o2)nc2ccccc21. The molecule has 0 atom stereocenters. The summed E-state index contributed by atoms with van der Waals surface area (Å²) in [5, 5.41) is 0.895. The Balaban J connectivity index is 1.82. The molecule has 3 rings (SSSR count). The smallest absolute Gasteiger partial charge is 0.374 e. The summed E-state index contributed by atoms with van der Waals surface area (Å²) in [4.78, 5) is 16.4. The standard InChI is InChI=1S/C18H20N2O4S/c1-12-10-13(24-16(12)17(21)23-3)11-25-18-19-14-6-4-5-7-15(14)20(18)8-9-22-2/h4-7,10H,8-9,11H2,1-3H3. The van der Waals surface area contributed by atoms with Gasteiger partial charge in [0.1, 0.15) is 5.76 Å². The number of aryl methyl sites for hydroxylation is 1. The van der Waals surface area contributed by atoms with Crippen LogP contribution >= 0.6 is 11.8 Å². The van der Waals surface area contributed by atoms with Crippen molar-refractivity contribution in [1.82, 2.24) is 9.55 Å². The van der Waals surface area contributed by atoms with Gasteiger partial charge in [-0.05, 0) is 25.1 Å². The second-order valence-corrected chi connectivity index (χ2v) is 6.48. The summed E-state index contributed by atoms with van der Waals surface area (Å²) in [6.45, 7) is 3.17. The number of methoxy groups -OCH3 is 2. The lowest BCUT2D eigenvalue weighted by atomic mass is 10.3. The number of rotatable bonds is 7. The van der Waals surface area contributed by atoms with Crippen LogP contribution in [0.3, 0.4) is 0 Å². The Morgan fingerprint density at radius 2 is 2.12 bits per heavy atom. The summed E-state index contributed by atoms with van der Waals surface area (Å²) in [6, 6.07) is 9.88. The average Bonchev–Trinajstić information content (AvgIpc) is 3.17. The number of ether oxygens (including phenoxy) is 2. The highest BCUT2D eigenvalue weighted by Gasteiger charge is 2.17. The Morgan fingerprint density at radius 3 is 2.88 bits per heavy atom. The zero-order chi connectivity index (χ0) is 17.8. The molecule has 7 heteroatoms. The van der Waals surface area contributed by atoms with Crippen molar-refractivity contribution < 1.29 is 18.7 Å². The molecular weight excluding hydrogens is 340 g/mol. The van der Waals surface area contributed by atoms with Crippen LogP contribution in [0.4, 0.5) is 0 Å². The van der Waals surface area contributed by atoms with E-state index < -0.39 is 5.97 Å². The largest absolute Gasteiger partial charge is 0.463 e. The lowest BCUT2D eigenvalue weighted by Crippen LogP contribution is -2.05. The summed E-state index contributed by atoms with van der Waals surface area (Å²) in [5.41, 5.74) is 2.80. The van der Waals surface area contributed by atoms with Gasteiger partial charge in [0, 0.05) is 19.2 Å². The van der Waals surface area contributed by atoms with Crippen LogP contribution in [0.1, 0.15) is 21.9 Å². The third-order valence-electron chi connectivity index (χ3n) is 3.82. The number of carbonyl (C=O) groups is 1. The van der Waals surface area contributed by atoms with Crippen LogP contribution in [0, 0.1) is 6.92 Å². The van der Waals surface area contributed by atoms with Crippen molar-refractivity contribution in [2.45, 2.75) is 24.4 Å². The molecule has 0 unspecified atom stereocenters. The molecule has 0 spiro atoms. The van der Waals surface area contributed by atoms with Crippen LogP contribution in [-0.2, 0) is 21.8 Å². The number of para-hydroxylation sites is 2. The molecule has 0 amide bonds. The molecule has 0 fully saturated rings. The molecule has 132 valence electrons. The monoisotopic (exact) mass is 360 g/mol. The van der Waals surface area contributed by atoms with Gasteiger partial charge in [-0.3, -0.25) is 0 Å². The molecule has 0 bridgehead atoms. The Hall–Kier alpha value is -2.25. The zero-order valence-electron chi connectivity index (χ0n) is 14.4. The molecule has 0 N–H and O–H groups in total. The van der Waals surface area contributed by atoms with E-state index in [1.807, 2.05) is 31.2 Å². The van der Waals surface area contributed by atoms with Gasteiger partial charge < -0.3 is 18.5 Å². The van der Waals surface area contributed by atoms with E-state index in [0.717, 1.165) is 28.3 Å². The first kappa shape index (κ1) is 17.6. The van der Waals surface area contributed by atoms with Gasteiger partial charge >= 0.3 is 5.97 Å². The van der Waals surface area contributed by atoms with E-state index in [1.165, 1.54) is 7.11 Å². The number of carbonyl (C=O) groups excluding carboxylic acids is 1. The van der Waals surface area contributed by atoms with Gasteiger partial charge in [0.25, 0.3) is 0 Å². The van der Waals surface area contributed by atoms with Gasteiger partial charge in [-0.2, -0.15) is 0 Å². The summed E-state index contributed by atoms with van der Waals surface area (Å²) < 4.78 is 17.7. The van der Waals surface area contributed by atoms with Gasteiger partial charge in [-0.15, -0.1) is 0 Å². The number of fused-ring (bicyclic) bond motifs is 1. The molecule has 3 aromatic rings. The normalized spacial score (nSPS) is 11.2. The minimum Gasteiger partial charge on any atom is -0.463 e. The molecule has 1 aromatic carbocycles. The molecule has 0 aliphatic heterocycles. The van der Waals surface area contributed by atoms with Crippen molar-refractivity contribution in [1.29, 1.82) is 0 Å². The van der Waals surface area contributed by atoms with Gasteiger partial charge in [-0.25, -0.2) is 9.78 Å². The second kappa shape index (κ2) is 7.76. The molecule has 0 saturated heterocycles. The highest BCUT2D eigenvalue weighted by atomic mass is 32.2. The Labute approximate surface area is 150 Å². The van der Waals surface area contributed by atoms with Gasteiger partial charge in [0.15, 0.2) is 5.16 Å². The molecular formula is C18H20N2O4S. The number of furan rings is 1. The molecule has 6 nitrogen and oxygen atoms in total. The third kappa shape index (κ3) is 3.72. The van der Waals surface area contributed by atoms with E-state index in [2.05, 4.69) is 10.6 Å². The van der Waals surface area contributed by atoms with Crippen LogP contribution in [0.2, 0.25) is 0 Å². The van der Waals surface area contributed by atoms with E-state index in [-0.39, 0.29) is 5.76 Å². The van der Waals surface area contributed by atoms with Crippen molar-refractivity contribution in [3.63, 3.8) is 0 Å². The first-order valence-electron chi connectivity index (χ1n) is 7.88. The van der Waals surface area contributed by atoms with E-state index in [4.69, 9.17) is 18.9 Å². The minimum atomic E-state index is -0.457. The van der Waals surface area contributed by atoms with E-state index in [0.29, 0.717) is 18.1 Å². The van der Waals surface area contributed by atoms with Gasteiger partial charge in [0.2, 0.25) is 5.76 Å². The van der Waals surface area contributed by atoms with Crippen molar-refractivity contribution in [2.24, 2.45) is 0 Å². The fraction of sp³-hybridized carbons (Fsp3) is 0.333. The summed E-state index contributed by atoms with van der Waals surface area (Å²) in [6.07, 6.45) is 0. The minimum absolute atomic E-state index is 0.256. The van der Waals surface area contributed by atoms with Crippen LogP contribution in [0.25, 0.3) is 11.0 Å². The molecule has 2 aromatic heterocycles. The third-order valence-corrected chi connectivity index (χ3v) is 4.82. The quantitative estimate of drug-likeness (QED) is 0.473. The highest BCUT2D eigenvalue weighted by molar-refractivity contribution is 7.98. The molecule has 0 radical (unpaired) electrons. The maximum Gasteiger partial charge on any atom is 0.374 e. The maximum atomic E-state index is 11.7. The van der Waals surface area contributed by atoms with E-state index >= 15 is 0 Å². The zero-order valence-corrected chi connectivity index (χ0v) is 15.3. The number of hydrogen-bond donors (Lipinski definition) is 0. The number of hydrogen-bond acceptors (Lipinski definition) is 6. The number of imidazole rings is 1. The predicted molar refractivity (Wildman–Crippen MR) is 96.0 cm³/mol. The fourth-order valence-electron chi connectivity index (χ4n) is 2.61. The lowest BCUT2D eigenvalue weighted by molar-refractivity contribution is 0.0562. The van der Waals surface area contributed by atoms with Crippen molar-refractivity contribution >= 4 is 28.8 Å². The number of aromatic nitrogens is 2. The average molecular weight is 360 g/mol. The van der Waals surface area contributed by atoms with Crippen molar-refractivity contribution in [3.05, 3.63) is 47.4 Å². The summed E-state index contributed by atoms with van der Waals surface area (Å²) >= 11 is 1.57. The molecule has 0 saturated carbocycles. The molecule has 0 aliphatic rings. The van der Waals surface area contributed by atoms with E-state index in [1.54, 1.807) is 18.9 Å². The summed E-state index contributed by atoms with van der Waals surface area (Å²) in [7, 11) is 3.03. The second-order valence-electron chi connectivity index (χ2n) is 5.53. The van der Waals surface area contributed by atoms with E-state index in [9.17, 15) is 4.79 Å². The van der Waals surface area contributed by atoms with Crippen molar-refractivity contribution in [2.75, 3.05) is 20.8 Å². The van der Waals surface area contributed by atoms with Crippen molar-refractivity contribution in [3.8, 4) is 0 Å². The highest BCUT2D eigenvalue weighted by Crippen LogP contribution is 2.28. The number of thioether (sulfide) groups is 1. The Kier molecular flexibility index (Phi) is 5.45. The van der Waals surface area contributed by atoms with Crippen LogP contribution in [0.15, 0.2) is 39.9 Å². The maximum absolute atomic E-state index is 11.7. The molecule has 25 heavy (non-hydrogen) atoms. The first-order chi connectivity index (χ1) is 12.1. The lowest BCUT2D eigenvalue weighted by Gasteiger charge is -2.07.